The van der Waals surface area contributed by atoms with E-state index in [0.29, 0.717) is 18.1 Å². The topological polar surface area (TPSA) is 58.2 Å². The molecule has 0 aliphatic heterocycles. The van der Waals surface area contributed by atoms with Crippen LogP contribution in [0.1, 0.15) is 44.6 Å². The molecule has 1 aromatic carbocycles. The molecule has 0 spiro atoms. The Balaban J connectivity index is 2.11. The summed E-state index contributed by atoms with van der Waals surface area (Å²) >= 11 is 6.11. The van der Waals surface area contributed by atoms with Crippen LogP contribution in [0.3, 0.4) is 0 Å². The van der Waals surface area contributed by atoms with Crippen LogP contribution in [0.25, 0.3) is 0 Å². The van der Waals surface area contributed by atoms with Gasteiger partial charge in [-0.3, -0.25) is 9.59 Å². The first kappa shape index (κ1) is 16.8. The van der Waals surface area contributed by atoms with Crippen molar-refractivity contribution < 1.29 is 9.59 Å². The molecule has 0 saturated heterocycles. The molecule has 22 heavy (non-hydrogen) atoms. The van der Waals surface area contributed by atoms with Crippen LogP contribution >= 0.6 is 11.6 Å². The molecule has 5 heteroatoms. The Morgan fingerprint density at radius 2 is 1.82 bits per heavy atom. The van der Waals surface area contributed by atoms with E-state index in [2.05, 4.69) is 10.6 Å². The zero-order chi connectivity index (χ0) is 16.0. The van der Waals surface area contributed by atoms with E-state index in [1.54, 1.807) is 0 Å². The Morgan fingerprint density at radius 1 is 1.14 bits per heavy atom. The van der Waals surface area contributed by atoms with Gasteiger partial charge in [0.15, 0.2) is 0 Å². The van der Waals surface area contributed by atoms with Gasteiger partial charge in [0.2, 0.25) is 11.8 Å². The van der Waals surface area contributed by atoms with Crippen molar-refractivity contribution in [1.82, 2.24) is 10.6 Å². The smallest absolute Gasteiger partial charge is 0.230 e. The van der Waals surface area contributed by atoms with Crippen molar-refractivity contribution in [2.24, 2.45) is 0 Å². The van der Waals surface area contributed by atoms with Crippen LogP contribution in [0.15, 0.2) is 24.3 Å². The number of benzene rings is 1. The molecular formula is C17H23ClN2O2. The molecule has 1 aliphatic rings. The second-order valence-corrected chi connectivity index (χ2v) is 6.33. The maximum absolute atomic E-state index is 12.8. The second-order valence-electron chi connectivity index (χ2n) is 5.89. The summed E-state index contributed by atoms with van der Waals surface area (Å²) in [7, 11) is 0. The third-order valence-corrected chi connectivity index (χ3v) is 4.54. The van der Waals surface area contributed by atoms with Crippen molar-refractivity contribution in [3.05, 3.63) is 34.9 Å². The first-order chi connectivity index (χ1) is 10.5. The van der Waals surface area contributed by atoms with Gasteiger partial charge in [-0.1, -0.05) is 43.0 Å². The quantitative estimate of drug-likeness (QED) is 0.819. The molecule has 0 atom stereocenters. The van der Waals surface area contributed by atoms with Gasteiger partial charge in [-0.2, -0.15) is 0 Å². The fourth-order valence-electron chi connectivity index (χ4n) is 3.17. The summed E-state index contributed by atoms with van der Waals surface area (Å²) in [6, 6.07) is 7.62. The predicted molar refractivity (Wildman–Crippen MR) is 87.9 cm³/mol. The predicted octanol–water partition coefficient (Wildman–Crippen LogP) is 2.79. The number of carbonyl (C=O) groups is 2. The molecule has 0 aromatic heterocycles. The van der Waals surface area contributed by atoms with Gasteiger partial charge in [0, 0.05) is 25.0 Å². The van der Waals surface area contributed by atoms with Crippen LogP contribution in [-0.2, 0) is 15.0 Å². The number of halogens is 1. The van der Waals surface area contributed by atoms with Crippen molar-refractivity contribution >= 4 is 23.4 Å². The minimum absolute atomic E-state index is 0.0415. The van der Waals surface area contributed by atoms with Crippen molar-refractivity contribution in [2.75, 3.05) is 13.1 Å². The van der Waals surface area contributed by atoms with E-state index in [-0.39, 0.29) is 11.8 Å². The van der Waals surface area contributed by atoms with E-state index < -0.39 is 5.41 Å². The molecule has 1 saturated carbocycles. The zero-order valence-electron chi connectivity index (χ0n) is 13.0. The van der Waals surface area contributed by atoms with Gasteiger partial charge < -0.3 is 10.6 Å². The molecule has 4 nitrogen and oxygen atoms in total. The van der Waals surface area contributed by atoms with Crippen molar-refractivity contribution in [3.8, 4) is 0 Å². The van der Waals surface area contributed by atoms with E-state index in [9.17, 15) is 9.59 Å². The highest BCUT2D eigenvalue weighted by molar-refractivity contribution is 6.30. The van der Waals surface area contributed by atoms with E-state index in [1.807, 2.05) is 24.3 Å². The lowest BCUT2D eigenvalue weighted by Crippen LogP contribution is -2.47. The lowest BCUT2D eigenvalue weighted by atomic mass is 9.68. The average molecular weight is 323 g/mol. The Bertz CT molecular complexity index is 539. The van der Waals surface area contributed by atoms with Crippen molar-refractivity contribution in [3.63, 3.8) is 0 Å². The molecule has 120 valence electrons. The van der Waals surface area contributed by atoms with Crippen LogP contribution in [0.4, 0.5) is 0 Å². The van der Waals surface area contributed by atoms with Gasteiger partial charge >= 0.3 is 0 Å². The molecule has 2 amide bonds. The first-order valence-electron chi connectivity index (χ1n) is 7.83. The number of carbonyl (C=O) groups excluding carboxylic acids is 2. The largest absolute Gasteiger partial charge is 0.355 e. The van der Waals surface area contributed by atoms with Crippen molar-refractivity contribution in [2.45, 2.75) is 44.4 Å². The molecule has 0 radical (unpaired) electrons. The standard InChI is InChI=1S/C17H23ClN2O2/c1-13(21)19-10-11-20-16(22)17(8-3-2-4-9-17)14-6-5-7-15(18)12-14/h5-7,12H,2-4,8-11H2,1H3,(H,19,21)(H,20,22). The molecule has 0 heterocycles. The number of hydrogen-bond donors (Lipinski definition) is 2. The summed E-state index contributed by atoms with van der Waals surface area (Å²) in [6.45, 7) is 2.36. The second kappa shape index (κ2) is 7.63. The van der Waals surface area contributed by atoms with E-state index >= 15 is 0 Å². The normalized spacial score (nSPS) is 16.8. The number of hydrogen-bond acceptors (Lipinski definition) is 2. The minimum atomic E-state index is -0.487. The summed E-state index contributed by atoms with van der Waals surface area (Å²) in [4.78, 5) is 23.7. The number of amides is 2. The Morgan fingerprint density at radius 3 is 2.45 bits per heavy atom. The van der Waals surface area contributed by atoms with E-state index in [1.165, 1.54) is 13.3 Å². The summed E-state index contributed by atoms with van der Waals surface area (Å²) in [5.74, 6) is -0.0451. The Labute approximate surface area is 136 Å². The summed E-state index contributed by atoms with van der Waals surface area (Å²) in [5, 5.41) is 6.32. The van der Waals surface area contributed by atoms with Gasteiger partial charge in [-0.25, -0.2) is 0 Å². The fourth-order valence-corrected chi connectivity index (χ4v) is 3.36. The van der Waals surface area contributed by atoms with Gasteiger partial charge in [0.25, 0.3) is 0 Å². The summed E-state index contributed by atoms with van der Waals surface area (Å²) in [5.41, 5.74) is 0.510. The fraction of sp³-hybridized carbons (Fsp3) is 0.529. The van der Waals surface area contributed by atoms with E-state index in [4.69, 9.17) is 11.6 Å². The molecular weight excluding hydrogens is 300 g/mol. The lowest BCUT2D eigenvalue weighted by molar-refractivity contribution is -0.128. The highest BCUT2D eigenvalue weighted by Gasteiger charge is 2.40. The Hall–Kier alpha value is -1.55. The molecule has 1 aliphatic carbocycles. The van der Waals surface area contributed by atoms with Crippen LogP contribution in [-0.4, -0.2) is 24.9 Å². The zero-order valence-corrected chi connectivity index (χ0v) is 13.7. The summed E-state index contributed by atoms with van der Waals surface area (Å²) < 4.78 is 0. The van der Waals surface area contributed by atoms with Gasteiger partial charge in [0.1, 0.15) is 0 Å². The molecule has 2 N–H and O–H groups in total. The van der Waals surface area contributed by atoms with Gasteiger partial charge in [-0.15, -0.1) is 0 Å². The average Bonchev–Trinajstić information content (AvgIpc) is 2.52. The molecule has 1 aromatic rings. The Kier molecular flexibility index (Phi) is 5.83. The number of nitrogens with one attached hydrogen (secondary N) is 2. The third kappa shape index (κ3) is 4.01. The SMILES string of the molecule is CC(=O)NCCNC(=O)C1(c2cccc(Cl)c2)CCCCC1. The van der Waals surface area contributed by atoms with E-state index in [0.717, 1.165) is 31.2 Å². The van der Waals surface area contributed by atoms with Gasteiger partial charge in [0.05, 0.1) is 5.41 Å². The lowest BCUT2D eigenvalue weighted by Gasteiger charge is -2.36. The monoisotopic (exact) mass is 322 g/mol. The third-order valence-electron chi connectivity index (χ3n) is 4.30. The van der Waals surface area contributed by atoms with Gasteiger partial charge in [-0.05, 0) is 30.5 Å². The van der Waals surface area contributed by atoms with Crippen LogP contribution < -0.4 is 10.6 Å². The highest BCUT2D eigenvalue weighted by Crippen LogP contribution is 2.40. The summed E-state index contributed by atoms with van der Waals surface area (Å²) in [6.07, 6.45) is 4.96. The van der Waals surface area contributed by atoms with Crippen molar-refractivity contribution in [1.29, 1.82) is 0 Å². The maximum atomic E-state index is 12.8. The van der Waals surface area contributed by atoms with Crippen LogP contribution in [0.2, 0.25) is 5.02 Å². The minimum Gasteiger partial charge on any atom is -0.355 e. The van der Waals surface area contributed by atoms with Crippen LogP contribution in [0, 0.1) is 0 Å². The maximum Gasteiger partial charge on any atom is 0.230 e. The van der Waals surface area contributed by atoms with Crippen LogP contribution in [0.5, 0.6) is 0 Å². The first-order valence-corrected chi connectivity index (χ1v) is 8.21. The molecule has 0 bridgehead atoms. The number of rotatable bonds is 5. The molecule has 0 unspecified atom stereocenters. The highest BCUT2D eigenvalue weighted by atomic mass is 35.5. The molecule has 2 rings (SSSR count). The molecule has 1 fully saturated rings.